The third-order valence-corrected chi connectivity index (χ3v) is 2.46. The first kappa shape index (κ1) is 10.8. The summed E-state index contributed by atoms with van der Waals surface area (Å²) in [7, 11) is 0. The first-order valence-electron chi connectivity index (χ1n) is 4.05. The molecule has 1 aromatic heterocycles. The molecule has 0 saturated carbocycles. The lowest BCUT2D eigenvalue weighted by atomic mass is 9.95. The first-order valence-corrected chi connectivity index (χ1v) is 5.13. The normalized spacial score (nSPS) is 15.4. The molecule has 1 unspecified atom stereocenters. The van der Waals surface area contributed by atoms with E-state index < -0.39 is 5.54 Å². The molecule has 72 valence electrons. The highest BCUT2D eigenvalue weighted by Gasteiger charge is 2.21. The van der Waals surface area contributed by atoms with Gasteiger partial charge in [0.15, 0.2) is 0 Å². The first-order chi connectivity index (χ1) is 6.06. The summed E-state index contributed by atoms with van der Waals surface area (Å²) in [6.45, 7) is 2.47. The summed E-state index contributed by atoms with van der Waals surface area (Å²) < 4.78 is 0.866. The van der Waals surface area contributed by atoms with E-state index in [2.05, 4.69) is 32.8 Å². The van der Waals surface area contributed by atoms with Gasteiger partial charge in [-0.15, -0.1) is 5.10 Å². The van der Waals surface area contributed by atoms with Crippen LogP contribution in [0.2, 0.25) is 0 Å². The van der Waals surface area contributed by atoms with Crippen LogP contribution in [0.25, 0.3) is 0 Å². The number of hydrogen-bond donors (Lipinski definition) is 2. The minimum atomic E-state index is -0.466. The van der Waals surface area contributed by atoms with Crippen LogP contribution in [-0.2, 0) is 5.54 Å². The molecule has 0 amide bonds. The summed E-state index contributed by atoms with van der Waals surface area (Å²) in [5.74, 6) is 0. The molecule has 0 saturated heterocycles. The summed E-state index contributed by atoms with van der Waals surface area (Å²) in [5, 5.41) is 7.97. The van der Waals surface area contributed by atoms with Gasteiger partial charge in [0.05, 0.1) is 11.2 Å². The average Bonchev–Trinajstić information content (AvgIpc) is 2.05. The summed E-state index contributed by atoms with van der Waals surface area (Å²) in [4.78, 5) is 0. The fourth-order valence-corrected chi connectivity index (χ4v) is 1.34. The molecule has 0 aromatic carbocycles. The predicted molar refractivity (Wildman–Crippen MR) is 60.0 cm³/mol. The van der Waals surface area contributed by atoms with Gasteiger partial charge in [-0.1, -0.05) is 0 Å². The van der Waals surface area contributed by atoms with Crippen molar-refractivity contribution in [2.75, 3.05) is 6.54 Å². The fourth-order valence-electron chi connectivity index (χ4n) is 1.05. The molecule has 0 radical (unpaired) electrons. The smallest absolute Gasteiger partial charge is 0.124 e. The predicted octanol–water partition coefficient (Wildman–Crippen LogP) is 0.604. The summed E-state index contributed by atoms with van der Waals surface area (Å²) in [6.07, 6.45) is 0.711. The van der Waals surface area contributed by atoms with Gasteiger partial charge in [-0.2, -0.15) is 5.10 Å². The second-order valence-corrected chi connectivity index (χ2v) is 4.30. The van der Waals surface area contributed by atoms with Gasteiger partial charge >= 0.3 is 0 Å². The van der Waals surface area contributed by atoms with Crippen LogP contribution in [0.15, 0.2) is 12.1 Å². The van der Waals surface area contributed by atoms with Crippen LogP contribution in [-0.4, -0.2) is 16.7 Å². The van der Waals surface area contributed by atoms with Gasteiger partial charge in [0.2, 0.25) is 0 Å². The number of hydrogen-bond acceptors (Lipinski definition) is 4. The van der Waals surface area contributed by atoms with Crippen molar-refractivity contribution in [1.82, 2.24) is 10.2 Å². The highest BCUT2D eigenvalue weighted by atomic mass is 127. The molecular formula is C8H13IN4. The average molecular weight is 292 g/mol. The third kappa shape index (κ3) is 2.85. The van der Waals surface area contributed by atoms with Crippen molar-refractivity contribution in [2.24, 2.45) is 11.5 Å². The Kier molecular flexibility index (Phi) is 3.57. The molecule has 1 atom stereocenters. The highest BCUT2D eigenvalue weighted by Crippen LogP contribution is 2.17. The zero-order valence-electron chi connectivity index (χ0n) is 7.50. The van der Waals surface area contributed by atoms with E-state index in [1.807, 2.05) is 19.1 Å². The summed E-state index contributed by atoms with van der Waals surface area (Å²) >= 11 is 2.11. The van der Waals surface area contributed by atoms with E-state index in [9.17, 15) is 0 Å². The van der Waals surface area contributed by atoms with E-state index >= 15 is 0 Å². The number of nitrogens with two attached hydrogens (primary N) is 2. The van der Waals surface area contributed by atoms with Crippen molar-refractivity contribution in [2.45, 2.75) is 18.9 Å². The molecule has 1 aromatic rings. The Balaban J connectivity index is 2.87. The van der Waals surface area contributed by atoms with Crippen LogP contribution in [0.4, 0.5) is 0 Å². The van der Waals surface area contributed by atoms with Crippen LogP contribution in [0.1, 0.15) is 19.0 Å². The largest absolute Gasteiger partial charge is 0.330 e. The van der Waals surface area contributed by atoms with E-state index in [-0.39, 0.29) is 0 Å². The van der Waals surface area contributed by atoms with Crippen LogP contribution in [0.3, 0.4) is 0 Å². The van der Waals surface area contributed by atoms with Gasteiger partial charge in [0, 0.05) is 0 Å². The number of nitrogens with zero attached hydrogens (tertiary/aromatic N) is 2. The monoisotopic (exact) mass is 292 g/mol. The summed E-state index contributed by atoms with van der Waals surface area (Å²) in [5.41, 5.74) is 11.8. The standard InChI is InChI=1S/C8H13IN4/c1-8(11,4-5-10)6-2-3-7(9)13-12-6/h2-3H,4-5,10-11H2,1H3. The molecule has 0 aliphatic carbocycles. The van der Waals surface area contributed by atoms with Gasteiger partial charge in [-0.3, -0.25) is 0 Å². The van der Waals surface area contributed by atoms with Gasteiger partial charge in [0.1, 0.15) is 3.70 Å². The minimum absolute atomic E-state index is 0.466. The van der Waals surface area contributed by atoms with E-state index in [0.29, 0.717) is 13.0 Å². The van der Waals surface area contributed by atoms with Crippen LogP contribution < -0.4 is 11.5 Å². The quantitative estimate of drug-likeness (QED) is 0.800. The summed E-state index contributed by atoms with van der Waals surface area (Å²) in [6, 6.07) is 3.79. The lowest BCUT2D eigenvalue weighted by Crippen LogP contribution is -2.36. The Hall–Kier alpha value is -0.270. The molecule has 0 aliphatic rings. The molecule has 1 heterocycles. The van der Waals surface area contributed by atoms with Gasteiger partial charge in [0.25, 0.3) is 0 Å². The molecule has 13 heavy (non-hydrogen) atoms. The molecule has 0 aliphatic heterocycles. The third-order valence-electron chi connectivity index (χ3n) is 1.88. The topological polar surface area (TPSA) is 77.8 Å². The maximum absolute atomic E-state index is 6.01. The van der Waals surface area contributed by atoms with Gasteiger partial charge in [-0.25, -0.2) is 0 Å². The second kappa shape index (κ2) is 4.30. The Bertz CT molecular complexity index is 270. The van der Waals surface area contributed by atoms with E-state index in [1.165, 1.54) is 0 Å². The highest BCUT2D eigenvalue weighted by molar-refractivity contribution is 14.1. The molecule has 1 rings (SSSR count). The maximum Gasteiger partial charge on any atom is 0.124 e. The number of halogens is 1. The van der Waals surface area contributed by atoms with E-state index in [1.54, 1.807) is 0 Å². The van der Waals surface area contributed by atoms with Crippen molar-refractivity contribution in [3.63, 3.8) is 0 Å². The molecule has 5 heteroatoms. The van der Waals surface area contributed by atoms with Crippen molar-refractivity contribution in [3.05, 3.63) is 21.5 Å². The van der Waals surface area contributed by atoms with Crippen molar-refractivity contribution in [1.29, 1.82) is 0 Å². The SMILES string of the molecule is CC(N)(CCN)c1ccc(I)nn1. The van der Waals surface area contributed by atoms with Crippen LogP contribution in [0, 0.1) is 3.70 Å². The van der Waals surface area contributed by atoms with Crippen molar-refractivity contribution in [3.8, 4) is 0 Å². The Morgan fingerprint density at radius 3 is 2.62 bits per heavy atom. The zero-order chi connectivity index (χ0) is 9.90. The number of aromatic nitrogens is 2. The fraction of sp³-hybridized carbons (Fsp3) is 0.500. The van der Waals surface area contributed by atoms with Gasteiger partial charge in [-0.05, 0) is 54.6 Å². The van der Waals surface area contributed by atoms with Crippen LogP contribution in [0.5, 0.6) is 0 Å². The van der Waals surface area contributed by atoms with E-state index in [0.717, 1.165) is 9.39 Å². The molecule has 4 nitrogen and oxygen atoms in total. The second-order valence-electron chi connectivity index (χ2n) is 3.20. The van der Waals surface area contributed by atoms with Crippen molar-refractivity contribution < 1.29 is 0 Å². The zero-order valence-corrected chi connectivity index (χ0v) is 9.65. The van der Waals surface area contributed by atoms with E-state index in [4.69, 9.17) is 11.5 Å². The molecule has 0 spiro atoms. The molecule has 0 fully saturated rings. The number of rotatable bonds is 3. The Labute approximate surface area is 91.2 Å². The molecule has 4 N–H and O–H groups in total. The molecule has 0 bridgehead atoms. The maximum atomic E-state index is 6.01. The van der Waals surface area contributed by atoms with Gasteiger partial charge < -0.3 is 11.5 Å². The van der Waals surface area contributed by atoms with Crippen molar-refractivity contribution >= 4 is 22.6 Å². The lowest BCUT2D eigenvalue weighted by molar-refractivity contribution is 0.441. The lowest BCUT2D eigenvalue weighted by Gasteiger charge is -2.22. The molecular weight excluding hydrogens is 279 g/mol. The Morgan fingerprint density at radius 2 is 2.15 bits per heavy atom. The Morgan fingerprint density at radius 1 is 1.46 bits per heavy atom. The minimum Gasteiger partial charge on any atom is -0.330 e. The van der Waals surface area contributed by atoms with Crippen LogP contribution >= 0.6 is 22.6 Å².